The Hall–Kier alpha value is -3.45. The third-order valence-corrected chi connectivity index (χ3v) is 5.25. The second-order valence-corrected chi connectivity index (χ2v) is 7.34. The van der Waals surface area contributed by atoms with Crippen molar-refractivity contribution in [1.82, 2.24) is 19.4 Å². The quantitative estimate of drug-likeness (QED) is 0.373. The number of imidazole rings is 1. The van der Waals surface area contributed by atoms with Gasteiger partial charge >= 0.3 is 0 Å². The number of carbonyl (C=O) groups is 2. The number of aliphatic hydroxyl groups is 1. The zero-order valence-corrected chi connectivity index (χ0v) is 16.7. The van der Waals surface area contributed by atoms with E-state index in [1.165, 1.54) is 4.90 Å². The van der Waals surface area contributed by atoms with E-state index in [0.717, 1.165) is 0 Å². The summed E-state index contributed by atoms with van der Waals surface area (Å²) < 4.78 is 1.90. The number of carbonyl (C=O) groups excluding carboxylic acids is 2. The minimum Gasteiger partial charge on any atom is -0.507 e. The van der Waals surface area contributed by atoms with Gasteiger partial charge in [0.1, 0.15) is 11.8 Å². The fourth-order valence-electron chi connectivity index (χ4n) is 3.56. The molecule has 7 nitrogen and oxygen atoms in total. The second kappa shape index (κ2) is 8.51. The maximum atomic E-state index is 12.9. The summed E-state index contributed by atoms with van der Waals surface area (Å²) in [4.78, 5) is 35.6. The monoisotopic (exact) mass is 422 g/mol. The number of aryl methyl sites for hydroxylation is 1. The molecule has 1 saturated heterocycles. The first-order valence-corrected chi connectivity index (χ1v) is 9.85. The number of halogens is 1. The van der Waals surface area contributed by atoms with Gasteiger partial charge in [0.25, 0.3) is 11.7 Å². The van der Waals surface area contributed by atoms with Gasteiger partial charge in [-0.1, -0.05) is 17.7 Å². The van der Waals surface area contributed by atoms with Crippen molar-refractivity contribution in [3.63, 3.8) is 0 Å². The first-order valence-electron chi connectivity index (χ1n) is 9.47. The molecule has 1 aliphatic heterocycles. The van der Waals surface area contributed by atoms with Crippen LogP contribution in [0.3, 0.4) is 0 Å². The van der Waals surface area contributed by atoms with Crippen LogP contribution in [0.5, 0.6) is 0 Å². The molecule has 3 aromatic rings. The number of Topliss-reactive ketones (excluding diaryl/α,β-unsaturated/α-hetero) is 1. The molecule has 1 N–H and O–H groups in total. The Morgan fingerprint density at radius 1 is 1.07 bits per heavy atom. The predicted molar refractivity (Wildman–Crippen MR) is 112 cm³/mol. The number of aliphatic hydroxyl groups excluding tert-OH is 1. The van der Waals surface area contributed by atoms with Crippen LogP contribution in [0.15, 0.2) is 73.0 Å². The van der Waals surface area contributed by atoms with Gasteiger partial charge in [-0.05, 0) is 42.8 Å². The molecule has 1 atom stereocenters. The van der Waals surface area contributed by atoms with E-state index in [0.29, 0.717) is 35.8 Å². The van der Waals surface area contributed by atoms with Gasteiger partial charge in [-0.2, -0.15) is 0 Å². The molecule has 0 saturated carbocycles. The van der Waals surface area contributed by atoms with E-state index in [2.05, 4.69) is 9.97 Å². The van der Waals surface area contributed by atoms with Crippen LogP contribution in [0, 0.1) is 0 Å². The molecule has 8 heteroatoms. The number of amides is 1. The highest BCUT2D eigenvalue weighted by Crippen LogP contribution is 2.38. The summed E-state index contributed by atoms with van der Waals surface area (Å²) in [6, 6.07) is 11.0. The predicted octanol–water partition coefficient (Wildman–Crippen LogP) is 3.44. The average molecular weight is 423 g/mol. The van der Waals surface area contributed by atoms with Crippen LogP contribution in [0.1, 0.15) is 23.7 Å². The van der Waals surface area contributed by atoms with Crippen molar-refractivity contribution in [2.24, 2.45) is 0 Å². The van der Waals surface area contributed by atoms with E-state index >= 15 is 0 Å². The first kappa shape index (κ1) is 19.8. The van der Waals surface area contributed by atoms with Crippen LogP contribution in [0.2, 0.25) is 5.02 Å². The lowest BCUT2D eigenvalue weighted by Crippen LogP contribution is -2.31. The van der Waals surface area contributed by atoms with Gasteiger partial charge in [-0.3, -0.25) is 14.6 Å². The Balaban J connectivity index is 1.71. The van der Waals surface area contributed by atoms with Gasteiger partial charge in [-0.25, -0.2) is 4.98 Å². The molecular weight excluding hydrogens is 404 g/mol. The molecule has 1 unspecified atom stereocenters. The summed E-state index contributed by atoms with van der Waals surface area (Å²) in [5.74, 6) is -1.61. The Morgan fingerprint density at radius 2 is 1.87 bits per heavy atom. The molecule has 30 heavy (non-hydrogen) atoms. The minimum atomic E-state index is -0.760. The third kappa shape index (κ3) is 3.84. The van der Waals surface area contributed by atoms with Crippen LogP contribution >= 0.6 is 11.6 Å². The van der Waals surface area contributed by atoms with E-state index < -0.39 is 17.7 Å². The first-order chi connectivity index (χ1) is 14.6. The van der Waals surface area contributed by atoms with E-state index in [4.69, 9.17) is 11.6 Å². The number of benzene rings is 1. The maximum Gasteiger partial charge on any atom is 0.295 e. The van der Waals surface area contributed by atoms with Crippen LogP contribution in [0.25, 0.3) is 5.76 Å². The Kier molecular flexibility index (Phi) is 5.63. The minimum absolute atomic E-state index is 0.0312. The van der Waals surface area contributed by atoms with Gasteiger partial charge in [0.05, 0.1) is 17.6 Å². The number of hydrogen-bond acceptors (Lipinski definition) is 5. The highest BCUT2D eigenvalue weighted by molar-refractivity contribution is 6.46. The third-order valence-electron chi connectivity index (χ3n) is 5.00. The van der Waals surface area contributed by atoms with Gasteiger partial charge < -0.3 is 14.6 Å². The molecular formula is C22H19ClN4O3. The average Bonchev–Trinajstić information content (AvgIpc) is 3.37. The molecule has 2 aromatic heterocycles. The topological polar surface area (TPSA) is 88.3 Å². The molecule has 1 aromatic carbocycles. The molecule has 1 aliphatic rings. The molecule has 1 amide bonds. The summed E-state index contributed by atoms with van der Waals surface area (Å²) in [5, 5.41) is 11.4. The standard InChI is InChI=1S/C22H19ClN4O3/c23-16-7-5-15(6-8-16)20(28)18-19(17-4-1-2-9-25-17)27(22(30)21(18)29)12-3-11-26-13-10-24-14-26/h1-2,4-10,13-14,19,28H,3,11-12H2/b20-18-. The number of nitrogens with zero attached hydrogens (tertiary/aromatic N) is 4. The Bertz CT molecular complexity index is 1080. The maximum absolute atomic E-state index is 12.9. The number of ketones is 1. The number of pyridine rings is 1. The van der Waals surface area contributed by atoms with Crippen molar-refractivity contribution in [3.8, 4) is 0 Å². The van der Waals surface area contributed by atoms with Crippen molar-refractivity contribution in [3.05, 3.63) is 89.2 Å². The van der Waals surface area contributed by atoms with Crippen molar-refractivity contribution in [1.29, 1.82) is 0 Å². The number of likely N-dealkylation sites (tertiary alicyclic amines) is 1. The van der Waals surface area contributed by atoms with Crippen LogP contribution in [0.4, 0.5) is 0 Å². The lowest BCUT2D eigenvalue weighted by atomic mass is 9.98. The van der Waals surface area contributed by atoms with Crippen LogP contribution < -0.4 is 0 Å². The molecule has 1 fully saturated rings. The highest BCUT2D eigenvalue weighted by Gasteiger charge is 2.46. The van der Waals surface area contributed by atoms with Crippen LogP contribution in [-0.2, 0) is 16.1 Å². The highest BCUT2D eigenvalue weighted by atomic mass is 35.5. The van der Waals surface area contributed by atoms with E-state index in [-0.39, 0.29) is 11.3 Å². The summed E-state index contributed by atoms with van der Waals surface area (Å²) >= 11 is 5.93. The normalized spacial score (nSPS) is 18.2. The number of aromatic nitrogens is 3. The molecule has 4 rings (SSSR count). The summed E-state index contributed by atoms with van der Waals surface area (Å²) in [7, 11) is 0. The Labute approximate surface area is 178 Å². The summed E-state index contributed by atoms with van der Waals surface area (Å²) in [6.07, 6.45) is 7.44. The lowest BCUT2D eigenvalue weighted by molar-refractivity contribution is -0.140. The smallest absolute Gasteiger partial charge is 0.295 e. The molecule has 3 heterocycles. The van der Waals surface area contributed by atoms with Crippen molar-refractivity contribution in [2.45, 2.75) is 19.0 Å². The van der Waals surface area contributed by atoms with Crippen LogP contribution in [-0.4, -0.2) is 42.8 Å². The van der Waals surface area contributed by atoms with Gasteiger partial charge in [0.15, 0.2) is 0 Å². The fourth-order valence-corrected chi connectivity index (χ4v) is 3.69. The zero-order valence-electron chi connectivity index (χ0n) is 16.0. The zero-order chi connectivity index (χ0) is 21.1. The Morgan fingerprint density at radius 3 is 2.53 bits per heavy atom. The lowest BCUT2D eigenvalue weighted by Gasteiger charge is -2.24. The molecule has 0 bridgehead atoms. The van der Waals surface area contributed by atoms with E-state index in [1.54, 1.807) is 61.2 Å². The second-order valence-electron chi connectivity index (χ2n) is 6.91. The fraction of sp³-hybridized carbons (Fsp3) is 0.182. The molecule has 0 spiro atoms. The van der Waals surface area contributed by atoms with Crippen molar-refractivity contribution >= 4 is 29.1 Å². The van der Waals surface area contributed by atoms with Crippen molar-refractivity contribution < 1.29 is 14.7 Å². The summed E-state index contributed by atoms with van der Waals surface area (Å²) in [6.45, 7) is 0.983. The largest absolute Gasteiger partial charge is 0.507 e. The van der Waals surface area contributed by atoms with E-state index in [9.17, 15) is 14.7 Å². The molecule has 0 radical (unpaired) electrons. The van der Waals surface area contributed by atoms with Gasteiger partial charge in [0, 0.05) is 42.3 Å². The number of hydrogen-bond donors (Lipinski definition) is 1. The van der Waals surface area contributed by atoms with Gasteiger partial charge in [-0.15, -0.1) is 0 Å². The SMILES string of the molecule is O=C1C(=O)N(CCCn2ccnc2)C(c2ccccn2)/C1=C(/O)c1ccc(Cl)cc1. The van der Waals surface area contributed by atoms with E-state index in [1.807, 2.05) is 10.8 Å². The molecule has 152 valence electrons. The number of rotatable bonds is 6. The summed E-state index contributed by atoms with van der Waals surface area (Å²) in [5.41, 5.74) is 0.968. The van der Waals surface area contributed by atoms with Crippen molar-refractivity contribution in [2.75, 3.05) is 6.54 Å². The van der Waals surface area contributed by atoms with Gasteiger partial charge in [0.2, 0.25) is 0 Å². The molecule has 0 aliphatic carbocycles.